The van der Waals surface area contributed by atoms with E-state index in [4.69, 9.17) is 10.3 Å². The van der Waals surface area contributed by atoms with E-state index in [1.165, 1.54) is 6.34 Å². The molecule has 4 aliphatic rings. The van der Waals surface area contributed by atoms with E-state index in [1.54, 1.807) is 11.9 Å². The molecule has 43 heavy (non-hydrogen) atoms. The van der Waals surface area contributed by atoms with Crippen molar-refractivity contribution < 1.29 is 18.9 Å². The number of fused-ring (bicyclic) bond motifs is 4. The van der Waals surface area contributed by atoms with E-state index < -0.39 is 16.9 Å². The van der Waals surface area contributed by atoms with E-state index in [1.807, 2.05) is 89.9 Å². The predicted octanol–water partition coefficient (Wildman–Crippen LogP) is 5.42. The molecule has 2 heterocycles. The maximum atomic E-state index is 13.1. The zero-order valence-electron chi connectivity index (χ0n) is 28.6. The van der Waals surface area contributed by atoms with Gasteiger partial charge >= 0.3 is 0 Å². The average molecular weight is 623 g/mol. The van der Waals surface area contributed by atoms with Crippen LogP contribution >= 0.6 is 9.47 Å². The topological polar surface area (TPSA) is 130 Å². The number of hydrogen-bond acceptors (Lipinski definition) is 6. The highest BCUT2D eigenvalue weighted by Crippen LogP contribution is 2.46. The van der Waals surface area contributed by atoms with Crippen LogP contribution in [-0.2, 0) is 18.9 Å². The number of aliphatic imine (C=N–C) groups is 2. The first-order valence-corrected chi connectivity index (χ1v) is 16.2. The van der Waals surface area contributed by atoms with Crippen molar-refractivity contribution in [3.8, 4) is 0 Å². The predicted molar refractivity (Wildman–Crippen MR) is 184 cm³/mol. The van der Waals surface area contributed by atoms with Crippen LogP contribution in [-0.4, -0.2) is 79.8 Å². The lowest BCUT2D eigenvalue weighted by molar-refractivity contribution is -0.129. The fourth-order valence-corrected chi connectivity index (χ4v) is 4.94. The summed E-state index contributed by atoms with van der Waals surface area (Å²) in [5, 5.41) is 2.82. The monoisotopic (exact) mass is 622 g/mol. The first kappa shape index (κ1) is 42.3. The quantitative estimate of drug-likeness (QED) is 0.0924. The van der Waals surface area contributed by atoms with Crippen molar-refractivity contribution in [3.63, 3.8) is 0 Å². The van der Waals surface area contributed by atoms with Crippen LogP contribution in [0.4, 0.5) is 0 Å². The number of likely N-dealkylation sites (N-methyl/N-ethyl adjacent to an activating group) is 1. The van der Waals surface area contributed by atoms with Crippen LogP contribution in [0.5, 0.6) is 0 Å². The summed E-state index contributed by atoms with van der Waals surface area (Å²) in [7, 11) is 7.39. The molecule has 10 nitrogen and oxygen atoms in total. The molecule has 0 aromatic rings. The number of aldehydes is 1. The number of carbonyl (C=O) groups is 3. The minimum atomic E-state index is -0.852. The molecule has 2 aliphatic heterocycles. The van der Waals surface area contributed by atoms with Gasteiger partial charge in [0.2, 0.25) is 0 Å². The van der Waals surface area contributed by atoms with Crippen LogP contribution in [0.1, 0.15) is 93.9 Å². The second-order valence-electron chi connectivity index (χ2n) is 9.63. The number of nitrogens with zero attached hydrogens (tertiary/aromatic N) is 4. The van der Waals surface area contributed by atoms with E-state index in [2.05, 4.69) is 27.5 Å². The molecule has 2 amide bonds. The van der Waals surface area contributed by atoms with Gasteiger partial charge in [0.25, 0.3) is 11.8 Å². The summed E-state index contributed by atoms with van der Waals surface area (Å²) < 4.78 is 5.10. The third kappa shape index (κ3) is 12.4. The zero-order chi connectivity index (χ0) is 33.6. The van der Waals surface area contributed by atoms with E-state index in [9.17, 15) is 14.4 Å². The lowest BCUT2D eigenvalue weighted by atomic mass is 9.68. The lowest BCUT2D eigenvalue weighted by Crippen LogP contribution is -2.53. The highest BCUT2D eigenvalue weighted by atomic mass is 31.0. The van der Waals surface area contributed by atoms with Gasteiger partial charge in [0.05, 0.1) is 26.8 Å². The summed E-state index contributed by atoms with van der Waals surface area (Å²) in [4.78, 5) is 50.2. The van der Waals surface area contributed by atoms with Gasteiger partial charge in [0.15, 0.2) is 17.7 Å². The second-order valence-corrected chi connectivity index (χ2v) is 9.87. The Balaban J connectivity index is 0. The van der Waals surface area contributed by atoms with E-state index >= 15 is 0 Å². The first-order chi connectivity index (χ1) is 20.6. The number of allylic oxidation sites excluding steroid dienone is 3. The molecule has 11 heteroatoms. The normalized spacial score (nSPS) is 23.2. The molecular weight excluding hydrogens is 563 g/mol. The Morgan fingerprint density at radius 1 is 1.07 bits per heavy atom. The van der Waals surface area contributed by atoms with Crippen molar-refractivity contribution in [1.82, 2.24) is 15.1 Å². The summed E-state index contributed by atoms with van der Waals surface area (Å²) in [6.07, 6.45) is 12.1. The van der Waals surface area contributed by atoms with E-state index in [0.717, 1.165) is 18.4 Å². The fourth-order valence-electron chi connectivity index (χ4n) is 4.78. The molecule has 0 aromatic carbocycles. The molecule has 0 radical (unpaired) electrons. The molecule has 1 unspecified atom stereocenters. The lowest BCUT2D eigenvalue weighted by Gasteiger charge is -2.37. The largest absolute Gasteiger partial charge is 0.474 e. The summed E-state index contributed by atoms with van der Waals surface area (Å²) in [5.41, 5.74) is 6.09. The molecule has 2 bridgehead atoms. The Morgan fingerprint density at radius 3 is 2.12 bits per heavy atom. The molecule has 0 aromatic heterocycles. The van der Waals surface area contributed by atoms with Crippen molar-refractivity contribution in [2.24, 2.45) is 21.1 Å². The van der Waals surface area contributed by atoms with Gasteiger partial charge in [-0.25, -0.2) is 9.98 Å². The molecule has 2 aliphatic carbocycles. The standard InChI is InChI=1S/C24H35N6O4P.4C2H6/c1-29(2)16-27-22(33)23-9-11-24(25,12-10-23)21(30(3)15-23)28-19(18(14-31)34-35)20(32)26-13-17-7-5-4-6-8-17;4*1-2/h5,7-8,14,16H,4,6,9-13,15,25,35H2,1-3H3,(H,26,32);4*1-2H3/b19-18+,27-16?,28-21?;;;;. The van der Waals surface area contributed by atoms with Gasteiger partial charge in [0.1, 0.15) is 5.84 Å². The Morgan fingerprint density at radius 2 is 1.65 bits per heavy atom. The summed E-state index contributed by atoms with van der Waals surface area (Å²) >= 11 is 0. The van der Waals surface area contributed by atoms with Crippen molar-refractivity contribution in [2.45, 2.75) is 99.5 Å². The molecule has 2 saturated heterocycles. The fraction of sp³-hybridized carbons (Fsp3) is 0.656. The molecular formula is C32H59N6O4P. The number of amidine groups is 1. The Labute approximate surface area is 263 Å². The van der Waals surface area contributed by atoms with Crippen LogP contribution in [0.15, 0.2) is 45.2 Å². The highest BCUT2D eigenvalue weighted by Gasteiger charge is 2.53. The van der Waals surface area contributed by atoms with Crippen molar-refractivity contribution in [1.29, 1.82) is 0 Å². The second kappa shape index (κ2) is 22.7. The van der Waals surface area contributed by atoms with Crippen LogP contribution in [0.2, 0.25) is 0 Å². The number of amides is 2. The summed E-state index contributed by atoms with van der Waals surface area (Å²) in [6.45, 7) is 16.7. The van der Waals surface area contributed by atoms with Crippen LogP contribution < -0.4 is 11.1 Å². The molecule has 3 N–H and O–H groups in total. The van der Waals surface area contributed by atoms with Gasteiger partial charge < -0.3 is 25.4 Å². The minimum absolute atomic E-state index is 0.154. The van der Waals surface area contributed by atoms with Gasteiger partial charge in [-0.2, -0.15) is 0 Å². The van der Waals surface area contributed by atoms with Gasteiger partial charge in [-0.3, -0.25) is 14.4 Å². The third-order valence-electron chi connectivity index (χ3n) is 6.73. The summed E-state index contributed by atoms with van der Waals surface area (Å²) in [5.74, 6) is -0.500. The zero-order valence-corrected chi connectivity index (χ0v) is 29.8. The number of carbonyl (C=O) groups excluding carboxylic acids is 3. The van der Waals surface area contributed by atoms with Crippen molar-refractivity contribution in [2.75, 3.05) is 34.2 Å². The SMILES string of the molecule is CC.CC.CC.CC.CN(C)C=NC(=O)C12CCC(N)(CC1)C(=N/C(C(=O)NCC1=CCCC=C1)=C(\C=O)OP)N(C)C2. The first-order valence-electron chi connectivity index (χ1n) is 15.7. The molecule has 0 spiro atoms. The van der Waals surface area contributed by atoms with Gasteiger partial charge in [-0.1, -0.05) is 73.6 Å². The van der Waals surface area contributed by atoms with Gasteiger partial charge in [-0.15, -0.1) is 0 Å². The third-order valence-corrected chi connectivity index (χ3v) is 6.98. The van der Waals surface area contributed by atoms with Crippen LogP contribution in [0.25, 0.3) is 0 Å². The molecule has 1 saturated carbocycles. The molecule has 3 fully saturated rings. The van der Waals surface area contributed by atoms with Crippen LogP contribution in [0.3, 0.4) is 0 Å². The van der Waals surface area contributed by atoms with Crippen molar-refractivity contribution >= 4 is 39.7 Å². The molecule has 4 rings (SSSR count). The Kier molecular flexibility index (Phi) is 22.3. The number of nitrogens with one attached hydrogen (secondary N) is 1. The smallest absolute Gasteiger partial charge is 0.274 e. The Bertz CT molecular complexity index is 1010. The Hall–Kier alpha value is -2.84. The van der Waals surface area contributed by atoms with Gasteiger partial charge in [-0.05, 0) is 44.1 Å². The average Bonchev–Trinajstić information content (AvgIpc) is 3.23. The minimum Gasteiger partial charge on any atom is -0.474 e. The number of rotatable bonds is 8. The maximum absolute atomic E-state index is 13.1. The highest BCUT2D eigenvalue weighted by molar-refractivity contribution is 7.10. The van der Waals surface area contributed by atoms with Crippen molar-refractivity contribution in [3.05, 3.63) is 35.3 Å². The van der Waals surface area contributed by atoms with E-state index in [-0.39, 0.29) is 17.4 Å². The van der Waals surface area contributed by atoms with Gasteiger partial charge in [0, 0.05) is 34.2 Å². The number of nitrogens with two attached hydrogens (primary N) is 1. The number of hydrogen-bond donors (Lipinski definition) is 2. The van der Waals surface area contributed by atoms with Crippen LogP contribution in [0, 0.1) is 5.41 Å². The maximum Gasteiger partial charge on any atom is 0.274 e. The van der Waals surface area contributed by atoms with E-state index in [0.29, 0.717) is 50.9 Å². The molecule has 246 valence electrons. The summed E-state index contributed by atoms with van der Waals surface area (Å²) in [6, 6.07) is 0. The molecule has 1 atom stereocenters.